The summed E-state index contributed by atoms with van der Waals surface area (Å²) in [4.78, 5) is 22.2. The molecule has 1 aromatic carbocycles. The Bertz CT molecular complexity index is 1260. The molecule has 30 heavy (non-hydrogen) atoms. The van der Waals surface area contributed by atoms with E-state index >= 15 is 0 Å². The number of aromatic nitrogens is 2. The Labute approximate surface area is 182 Å². The standard InChI is InChI=1S/C22H17Cl2N3O3/c23-13-3-5-17(24)15(10-13)19-6-4-14(30-19)11-27-8-7-18-16(12-27)22(28)26-21(25-18)20-2-1-9-29-20/h1-6,9-10H,7-8,11-12H2,(H,25,26,28). The van der Waals surface area contributed by atoms with Crippen LogP contribution in [0.4, 0.5) is 0 Å². The number of furan rings is 2. The molecular weight excluding hydrogens is 425 g/mol. The molecule has 5 rings (SSSR count). The van der Waals surface area contributed by atoms with Gasteiger partial charge in [0.05, 0.1) is 29.1 Å². The van der Waals surface area contributed by atoms with Crippen molar-refractivity contribution in [2.75, 3.05) is 6.54 Å². The van der Waals surface area contributed by atoms with Gasteiger partial charge in [-0.1, -0.05) is 23.2 Å². The normalized spacial score (nSPS) is 14.1. The summed E-state index contributed by atoms with van der Waals surface area (Å²) in [6, 6.07) is 12.6. The highest BCUT2D eigenvalue weighted by Crippen LogP contribution is 2.32. The number of benzene rings is 1. The Morgan fingerprint density at radius 1 is 1.13 bits per heavy atom. The van der Waals surface area contributed by atoms with Gasteiger partial charge in [-0.25, -0.2) is 4.98 Å². The van der Waals surface area contributed by atoms with Gasteiger partial charge >= 0.3 is 0 Å². The molecule has 6 nitrogen and oxygen atoms in total. The Hall–Kier alpha value is -2.80. The number of H-pyrrole nitrogens is 1. The molecule has 0 atom stereocenters. The number of halogens is 2. The fourth-order valence-electron chi connectivity index (χ4n) is 3.66. The van der Waals surface area contributed by atoms with Crippen molar-refractivity contribution in [3.8, 4) is 22.9 Å². The maximum absolute atomic E-state index is 12.6. The van der Waals surface area contributed by atoms with Gasteiger partial charge in [0, 0.05) is 30.1 Å². The summed E-state index contributed by atoms with van der Waals surface area (Å²) in [6.45, 7) is 1.86. The molecule has 3 aromatic heterocycles. The van der Waals surface area contributed by atoms with Crippen molar-refractivity contribution in [2.24, 2.45) is 0 Å². The average molecular weight is 442 g/mol. The summed E-state index contributed by atoms with van der Waals surface area (Å²) in [5.74, 6) is 2.48. The van der Waals surface area contributed by atoms with Crippen LogP contribution in [0.5, 0.6) is 0 Å². The molecule has 0 amide bonds. The minimum absolute atomic E-state index is 0.137. The second kappa shape index (κ2) is 7.80. The first-order chi connectivity index (χ1) is 14.6. The number of nitrogens with one attached hydrogen (secondary N) is 1. The number of nitrogens with zero attached hydrogens (tertiary/aromatic N) is 2. The predicted molar refractivity (Wildman–Crippen MR) is 115 cm³/mol. The molecule has 8 heteroatoms. The van der Waals surface area contributed by atoms with E-state index in [1.807, 2.05) is 12.1 Å². The van der Waals surface area contributed by atoms with Crippen molar-refractivity contribution in [2.45, 2.75) is 19.5 Å². The van der Waals surface area contributed by atoms with E-state index in [4.69, 9.17) is 32.0 Å². The highest BCUT2D eigenvalue weighted by molar-refractivity contribution is 6.35. The van der Waals surface area contributed by atoms with E-state index in [9.17, 15) is 4.79 Å². The van der Waals surface area contributed by atoms with E-state index in [1.54, 1.807) is 36.6 Å². The third kappa shape index (κ3) is 3.69. The topological polar surface area (TPSA) is 75.3 Å². The van der Waals surface area contributed by atoms with Crippen LogP contribution in [0.25, 0.3) is 22.9 Å². The fraction of sp³-hybridized carbons (Fsp3) is 0.182. The van der Waals surface area contributed by atoms with E-state index < -0.39 is 0 Å². The van der Waals surface area contributed by atoms with Crippen LogP contribution >= 0.6 is 23.2 Å². The number of hydrogen-bond donors (Lipinski definition) is 1. The van der Waals surface area contributed by atoms with E-state index in [0.717, 1.165) is 23.6 Å². The van der Waals surface area contributed by atoms with Crippen LogP contribution in [0.2, 0.25) is 10.0 Å². The highest BCUT2D eigenvalue weighted by atomic mass is 35.5. The van der Waals surface area contributed by atoms with Crippen molar-refractivity contribution >= 4 is 23.2 Å². The van der Waals surface area contributed by atoms with Crippen molar-refractivity contribution in [1.82, 2.24) is 14.9 Å². The van der Waals surface area contributed by atoms with Crippen LogP contribution in [-0.2, 0) is 19.5 Å². The van der Waals surface area contributed by atoms with E-state index in [1.165, 1.54) is 0 Å². The van der Waals surface area contributed by atoms with Gasteiger partial charge in [0.2, 0.25) is 0 Å². The number of rotatable bonds is 4. The third-order valence-corrected chi connectivity index (χ3v) is 5.70. The Morgan fingerprint density at radius 2 is 2.03 bits per heavy atom. The fourth-order valence-corrected chi connectivity index (χ4v) is 4.04. The molecule has 1 N–H and O–H groups in total. The molecule has 152 valence electrons. The van der Waals surface area contributed by atoms with Gasteiger partial charge in [-0.2, -0.15) is 0 Å². The highest BCUT2D eigenvalue weighted by Gasteiger charge is 2.23. The maximum atomic E-state index is 12.6. The van der Waals surface area contributed by atoms with Crippen LogP contribution in [0.1, 0.15) is 17.0 Å². The first-order valence-corrected chi connectivity index (χ1v) is 10.2. The van der Waals surface area contributed by atoms with Gasteiger partial charge in [-0.15, -0.1) is 0 Å². The lowest BCUT2D eigenvalue weighted by Gasteiger charge is -2.26. The first-order valence-electron chi connectivity index (χ1n) is 9.49. The zero-order valence-electron chi connectivity index (χ0n) is 15.8. The summed E-state index contributed by atoms with van der Waals surface area (Å²) in [5.41, 5.74) is 2.11. The first kappa shape index (κ1) is 19.2. The van der Waals surface area contributed by atoms with E-state index in [2.05, 4.69) is 14.9 Å². The lowest BCUT2D eigenvalue weighted by atomic mass is 10.1. The van der Waals surface area contributed by atoms with Crippen LogP contribution in [0, 0.1) is 0 Å². The molecule has 1 aliphatic rings. The minimum atomic E-state index is -0.137. The molecule has 4 heterocycles. The Kier molecular flexibility index (Phi) is 4.98. The smallest absolute Gasteiger partial charge is 0.256 e. The summed E-state index contributed by atoms with van der Waals surface area (Å²) in [7, 11) is 0. The molecule has 0 bridgehead atoms. The molecule has 4 aromatic rings. The molecule has 0 spiro atoms. The van der Waals surface area contributed by atoms with Crippen molar-refractivity contribution in [3.05, 3.63) is 86.1 Å². The third-order valence-electron chi connectivity index (χ3n) is 5.14. The Balaban J connectivity index is 1.35. The molecule has 0 saturated carbocycles. The number of fused-ring (bicyclic) bond motifs is 1. The zero-order valence-corrected chi connectivity index (χ0v) is 17.3. The monoisotopic (exact) mass is 441 g/mol. The van der Waals surface area contributed by atoms with E-state index in [-0.39, 0.29) is 5.56 Å². The predicted octanol–water partition coefficient (Wildman–Crippen LogP) is 5.16. The summed E-state index contributed by atoms with van der Waals surface area (Å²) >= 11 is 12.4. The van der Waals surface area contributed by atoms with Crippen molar-refractivity contribution < 1.29 is 8.83 Å². The van der Waals surface area contributed by atoms with Crippen LogP contribution in [0.3, 0.4) is 0 Å². The van der Waals surface area contributed by atoms with Gasteiger partial charge in [0.15, 0.2) is 11.6 Å². The van der Waals surface area contributed by atoms with E-state index in [0.29, 0.717) is 52.5 Å². The molecule has 0 saturated heterocycles. The van der Waals surface area contributed by atoms with Gasteiger partial charge < -0.3 is 13.8 Å². The molecule has 0 aliphatic carbocycles. The number of aromatic amines is 1. The van der Waals surface area contributed by atoms with Gasteiger partial charge in [0.25, 0.3) is 5.56 Å². The van der Waals surface area contributed by atoms with Crippen LogP contribution in [0.15, 0.2) is 62.4 Å². The summed E-state index contributed by atoms with van der Waals surface area (Å²) in [5, 5.41) is 1.18. The SMILES string of the molecule is O=c1[nH]c(-c2ccco2)nc2c1CN(Cc1ccc(-c3cc(Cl)ccc3Cl)o1)CC2. The van der Waals surface area contributed by atoms with Gasteiger partial charge in [-0.3, -0.25) is 9.69 Å². The molecule has 0 radical (unpaired) electrons. The average Bonchev–Trinajstić information content (AvgIpc) is 3.42. The molecule has 0 fully saturated rings. The van der Waals surface area contributed by atoms with Gasteiger partial charge in [-0.05, 0) is 42.5 Å². The zero-order chi connectivity index (χ0) is 20.7. The van der Waals surface area contributed by atoms with Gasteiger partial charge in [0.1, 0.15) is 11.5 Å². The van der Waals surface area contributed by atoms with Crippen molar-refractivity contribution in [1.29, 1.82) is 0 Å². The van der Waals surface area contributed by atoms with Crippen LogP contribution < -0.4 is 5.56 Å². The lowest BCUT2D eigenvalue weighted by molar-refractivity contribution is 0.223. The maximum Gasteiger partial charge on any atom is 0.256 e. The summed E-state index contributed by atoms with van der Waals surface area (Å²) < 4.78 is 11.3. The second-order valence-electron chi connectivity index (χ2n) is 7.17. The Morgan fingerprint density at radius 3 is 2.87 bits per heavy atom. The molecule has 0 unspecified atom stereocenters. The largest absolute Gasteiger partial charge is 0.461 e. The lowest BCUT2D eigenvalue weighted by Crippen LogP contribution is -2.35. The summed E-state index contributed by atoms with van der Waals surface area (Å²) in [6.07, 6.45) is 2.24. The molecular formula is C22H17Cl2N3O3. The second-order valence-corrected chi connectivity index (χ2v) is 8.01. The van der Waals surface area contributed by atoms with Crippen molar-refractivity contribution in [3.63, 3.8) is 0 Å². The molecule has 1 aliphatic heterocycles. The minimum Gasteiger partial charge on any atom is -0.461 e. The quantitative estimate of drug-likeness (QED) is 0.473. The van der Waals surface area contributed by atoms with Crippen LogP contribution in [-0.4, -0.2) is 21.4 Å². The number of hydrogen-bond acceptors (Lipinski definition) is 5.